The number of nitrogens with one attached hydrogen (secondary N) is 1. The smallest absolute Gasteiger partial charge is 0.310 e. The van der Waals surface area contributed by atoms with Crippen LogP contribution >= 0.6 is 0 Å². The molecule has 2 N–H and O–H groups in total. The Hall–Kier alpha value is -1.92. The van der Waals surface area contributed by atoms with Crippen molar-refractivity contribution in [1.29, 1.82) is 0 Å². The SMILES string of the molecule is CC(C)(CC(=O)O)c1[nH]ncc1[N+](=O)[O-]. The Morgan fingerprint density at radius 1 is 1.73 bits per heavy atom. The molecule has 0 fully saturated rings. The largest absolute Gasteiger partial charge is 0.481 e. The third-order valence-corrected chi connectivity index (χ3v) is 2.09. The fourth-order valence-corrected chi connectivity index (χ4v) is 1.38. The zero-order valence-electron chi connectivity index (χ0n) is 8.35. The first kappa shape index (κ1) is 11.2. The summed E-state index contributed by atoms with van der Waals surface area (Å²) in [6, 6.07) is 0. The van der Waals surface area contributed by atoms with Gasteiger partial charge in [0.15, 0.2) is 0 Å². The maximum absolute atomic E-state index is 10.6. The van der Waals surface area contributed by atoms with Gasteiger partial charge in [-0.1, -0.05) is 13.8 Å². The molecule has 15 heavy (non-hydrogen) atoms. The molecule has 0 saturated heterocycles. The van der Waals surface area contributed by atoms with Crippen LogP contribution in [0.4, 0.5) is 5.69 Å². The Labute approximate surface area is 85.3 Å². The molecule has 1 aromatic rings. The summed E-state index contributed by atoms with van der Waals surface area (Å²) >= 11 is 0. The minimum atomic E-state index is -1.01. The molecule has 0 bridgehead atoms. The number of carboxylic acids is 1. The van der Waals surface area contributed by atoms with Crippen molar-refractivity contribution in [2.45, 2.75) is 25.7 Å². The van der Waals surface area contributed by atoms with Crippen LogP contribution < -0.4 is 0 Å². The lowest BCUT2D eigenvalue weighted by molar-refractivity contribution is -0.386. The lowest BCUT2D eigenvalue weighted by Gasteiger charge is -2.19. The third kappa shape index (κ3) is 2.30. The van der Waals surface area contributed by atoms with Crippen molar-refractivity contribution in [1.82, 2.24) is 10.2 Å². The molecule has 0 saturated carbocycles. The lowest BCUT2D eigenvalue weighted by atomic mass is 9.85. The molecule has 82 valence electrons. The number of carbonyl (C=O) groups is 1. The summed E-state index contributed by atoms with van der Waals surface area (Å²) in [6.45, 7) is 3.23. The first-order valence-corrected chi connectivity index (χ1v) is 4.24. The predicted octanol–water partition coefficient (Wildman–Crippen LogP) is 1.07. The van der Waals surface area contributed by atoms with E-state index in [0.29, 0.717) is 0 Å². The van der Waals surface area contributed by atoms with E-state index in [9.17, 15) is 14.9 Å². The zero-order valence-corrected chi connectivity index (χ0v) is 8.35. The van der Waals surface area contributed by atoms with Crippen molar-refractivity contribution in [3.63, 3.8) is 0 Å². The van der Waals surface area contributed by atoms with Crippen molar-refractivity contribution in [2.75, 3.05) is 0 Å². The summed E-state index contributed by atoms with van der Waals surface area (Å²) in [6.07, 6.45) is 0.884. The summed E-state index contributed by atoms with van der Waals surface area (Å²) in [7, 11) is 0. The highest BCUT2D eigenvalue weighted by Gasteiger charge is 2.33. The van der Waals surface area contributed by atoms with E-state index in [1.807, 2.05) is 0 Å². The predicted molar refractivity (Wildman–Crippen MR) is 50.5 cm³/mol. The second-order valence-corrected chi connectivity index (χ2v) is 3.84. The van der Waals surface area contributed by atoms with Crippen molar-refractivity contribution in [3.8, 4) is 0 Å². The molecule has 0 atom stereocenters. The standard InChI is InChI=1S/C8H11N3O4/c1-8(2,3-6(12)13)7-5(11(14)15)4-9-10-7/h4H,3H2,1-2H3,(H,9,10)(H,12,13). The number of hydrogen-bond donors (Lipinski definition) is 2. The van der Waals surface area contributed by atoms with Crippen LogP contribution in [0.1, 0.15) is 26.0 Å². The van der Waals surface area contributed by atoms with E-state index in [0.717, 1.165) is 6.20 Å². The molecule has 0 aliphatic rings. The van der Waals surface area contributed by atoms with E-state index < -0.39 is 16.3 Å². The minimum absolute atomic E-state index is 0.179. The summed E-state index contributed by atoms with van der Waals surface area (Å²) < 4.78 is 0. The van der Waals surface area contributed by atoms with Gasteiger partial charge in [-0.05, 0) is 0 Å². The van der Waals surface area contributed by atoms with Gasteiger partial charge in [-0.2, -0.15) is 5.10 Å². The topological polar surface area (TPSA) is 109 Å². The number of H-pyrrole nitrogens is 1. The Bertz CT molecular complexity index is 396. The molecular formula is C8H11N3O4. The van der Waals surface area contributed by atoms with Crippen molar-refractivity contribution < 1.29 is 14.8 Å². The maximum Gasteiger partial charge on any atom is 0.310 e. The molecule has 0 aromatic carbocycles. The van der Waals surface area contributed by atoms with Gasteiger partial charge in [0, 0.05) is 5.41 Å². The molecule has 0 aliphatic carbocycles. The summed E-state index contributed by atoms with van der Waals surface area (Å²) in [4.78, 5) is 20.6. The van der Waals surface area contributed by atoms with Gasteiger partial charge in [-0.25, -0.2) is 0 Å². The van der Waals surface area contributed by atoms with Gasteiger partial charge in [-0.3, -0.25) is 20.0 Å². The average molecular weight is 213 g/mol. The molecule has 0 radical (unpaired) electrons. The lowest BCUT2D eigenvalue weighted by Crippen LogP contribution is -2.23. The zero-order chi connectivity index (χ0) is 11.6. The molecule has 1 aromatic heterocycles. The molecule has 0 spiro atoms. The molecule has 0 unspecified atom stereocenters. The Morgan fingerprint density at radius 3 is 2.80 bits per heavy atom. The van der Waals surface area contributed by atoms with E-state index >= 15 is 0 Å². The molecule has 7 nitrogen and oxygen atoms in total. The number of aliphatic carboxylic acids is 1. The normalized spacial score (nSPS) is 11.3. The Kier molecular flexibility index (Phi) is 2.74. The third-order valence-electron chi connectivity index (χ3n) is 2.09. The quantitative estimate of drug-likeness (QED) is 0.574. The van der Waals surface area contributed by atoms with Gasteiger partial charge < -0.3 is 5.11 Å². The van der Waals surface area contributed by atoms with Gasteiger partial charge in [0.2, 0.25) is 0 Å². The van der Waals surface area contributed by atoms with E-state index in [-0.39, 0.29) is 17.8 Å². The highest BCUT2D eigenvalue weighted by Crippen LogP contribution is 2.31. The summed E-state index contributed by atoms with van der Waals surface area (Å²) in [5.74, 6) is -1.01. The fourth-order valence-electron chi connectivity index (χ4n) is 1.38. The van der Waals surface area contributed by atoms with E-state index in [4.69, 9.17) is 5.11 Å². The monoisotopic (exact) mass is 213 g/mol. The molecular weight excluding hydrogens is 202 g/mol. The molecule has 0 amide bonds. The maximum atomic E-state index is 10.6. The minimum Gasteiger partial charge on any atom is -0.481 e. The number of nitrogens with zero attached hydrogens (tertiary/aromatic N) is 2. The number of nitro groups is 1. The number of rotatable bonds is 4. The number of aromatic nitrogens is 2. The molecule has 1 heterocycles. The van der Waals surface area contributed by atoms with Gasteiger partial charge in [0.05, 0.1) is 11.3 Å². The van der Waals surface area contributed by atoms with Crippen molar-refractivity contribution in [3.05, 3.63) is 22.0 Å². The van der Waals surface area contributed by atoms with E-state index in [1.54, 1.807) is 13.8 Å². The number of hydrogen-bond acceptors (Lipinski definition) is 4. The van der Waals surface area contributed by atoms with Crippen LogP contribution in [0.5, 0.6) is 0 Å². The van der Waals surface area contributed by atoms with Crippen LogP contribution in [-0.2, 0) is 10.2 Å². The van der Waals surface area contributed by atoms with Gasteiger partial charge in [-0.15, -0.1) is 0 Å². The summed E-state index contributed by atoms with van der Waals surface area (Å²) in [5.41, 5.74) is -0.791. The highest BCUT2D eigenvalue weighted by molar-refractivity contribution is 5.69. The number of carboxylic acid groups (broad SMARTS) is 1. The second-order valence-electron chi connectivity index (χ2n) is 3.84. The number of aromatic amines is 1. The van der Waals surface area contributed by atoms with E-state index in [2.05, 4.69) is 10.2 Å². The van der Waals surface area contributed by atoms with Crippen LogP contribution in [0.2, 0.25) is 0 Å². The van der Waals surface area contributed by atoms with Gasteiger partial charge in [0.1, 0.15) is 11.9 Å². The van der Waals surface area contributed by atoms with Crippen LogP contribution in [0.25, 0.3) is 0 Å². The first-order valence-electron chi connectivity index (χ1n) is 4.24. The van der Waals surface area contributed by atoms with Gasteiger partial charge >= 0.3 is 11.7 Å². The molecule has 7 heteroatoms. The molecule has 0 aliphatic heterocycles. The Morgan fingerprint density at radius 2 is 2.33 bits per heavy atom. The first-order chi connectivity index (χ1) is 6.84. The van der Waals surface area contributed by atoms with Crippen molar-refractivity contribution >= 4 is 11.7 Å². The van der Waals surface area contributed by atoms with Crippen LogP contribution in [0.3, 0.4) is 0 Å². The van der Waals surface area contributed by atoms with Crippen molar-refractivity contribution in [2.24, 2.45) is 0 Å². The second kappa shape index (κ2) is 3.68. The highest BCUT2D eigenvalue weighted by atomic mass is 16.6. The fraction of sp³-hybridized carbons (Fsp3) is 0.500. The van der Waals surface area contributed by atoms with Crippen LogP contribution in [0.15, 0.2) is 6.20 Å². The van der Waals surface area contributed by atoms with Crippen LogP contribution in [0, 0.1) is 10.1 Å². The summed E-state index contributed by atoms with van der Waals surface area (Å²) in [5, 5.41) is 25.3. The van der Waals surface area contributed by atoms with Gasteiger partial charge in [0.25, 0.3) is 0 Å². The average Bonchev–Trinajstić information content (AvgIpc) is 2.48. The van der Waals surface area contributed by atoms with E-state index in [1.165, 1.54) is 0 Å². The Balaban J connectivity index is 3.09. The molecule has 1 rings (SSSR count). The van der Waals surface area contributed by atoms with Crippen LogP contribution in [-0.4, -0.2) is 26.2 Å².